The van der Waals surface area contributed by atoms with Crippen LogP contribution >= 0.6 is 11.6 Å². The van der Waals surface area contributed by atoms with E-state index in [4.69, 9.17) is 11.6 Å². The van der Waals surface area contributed by atoms with E-state index in [-0.39, 0.29) is 22.4 Å². The summed E-state index contributed by atoms with van der Waals surface area (Å²) in [6, 6.07) is 15.7. The molecule has 1 aliphatic rings. The molecule has 144 valence electrons. The van der Waals surface area contributed by atoms with Gasteiger partial charge in [-0.15, -0.1) is 0 Å². The van der Waals surface area contributed by atoms with Gasteiger partial charge in [-0.25, -0.2) is 0 Å². The average Bonchev–Trinajstić information content (AvgIpc) is 3.06. The van der Waals surface area contributed by atoms with Crippen LogP contribution in [0.5, 0.6) is 5.75 Å². The maximum atomic E-state index is 11.3. The van der Waals surface area contributed by atoms with Gasteiger partial charge in [-0.1, -0.05) is 23.7 Å². The molecule has 28 heavy (non-hydrogen) atoms. The standard InChI is InChI=1S/C21H20ClN3O3/c22-17-7-8-20(26)16(12-17)14-24-11-3-10-23-9-2-6-19(23)21(24)15-4-1-5-18(13-15)25(27)28/h1-2,4-9,12-13,21,26H,3,10-11,14H2/t21-/m1/s1. The maximum absolute atomic E-state index is 11.3. The smallest absolute Gasteiger partial charge is 0.269 e. The van der Waals surface area contributed by atoms with Crippen LogP contribution in [0.25, 0.3) is 0 Å². The number of halogens is 1. The normalized spacial score (nSPS) is 17.1. The fourth-order valence-corrected chi connectivity index (χ4v) is 4.09. The number of aromatic hydroxyl groups is 1. The molecule has 1 N–H and O–H groups in total. The molecule has 1 aliphatic heterocycles. The second-order valence-corrected chi connectivity index (χ2v) is 7.41. The third-order valence-electron chi connectivity index (χ3n) is 5.17. The molecule has 1 aromatic heterocycles. The number of nitro benzene ring substituents is 1. The molecule has 2 aromatic carbocycles. The van der Waals surface area contributed by atoms with Gasteiger partial charge in [0.15, 0.2) is 0 Å². The number of phenols is 1. The zero-order valence-corrected chi connectivity index (χ0v) is 15.9. The highest BCUT2D eigenvalue weighted by molar-refractivity contribution is 6.30. The first kappa shape index (κ1) is 18.5. The lowest BCUT2D eigenvalue weighted by atomic mass is 10.00. The number of non-ortho nitro benzene ring substituents is 1. The fourth-order valence-electron chi connectivity index (χ4n) is 3.90. The van der Waals surface area contributed by atoms with E-state index >= 15 is 0 Å². The third-order valence-corrected chi connectivity index (χ3v) is 5.40. The highest BCUT2D eigenvalue weighted by Gasteiger charge is 2.29. The highest BCUT2D eigenvalue weighted by atomic mass is 35.5. The summed E-state index contributed by atoms with van der Waals surface area (Å²) in [6.07, 6.45) is 2.98. The second kappa shape index (κ2) is 7.66. The minimum atomic E-state index is -0.369. The van der Waals surface area contributed by atoms with Crippen LogP contribution in [0.4, 0.5) is 5.69 Å². The monoisotopic (exact) mass is 397 g/mol. The third kappa shape index (κ3) is 3.61. The number of aryl methyl sites for hydroxylation is 1. The molecule has 1 atom stereocenters. The van der Waals surface area contributed by atoms with Crippen LogP contribution in [0.2, 0.25) is 5.02 Å². The van der Waals surface area contributed by atoms with Gasteiger partial charge in [0.1, 0.15) is 5.75 Å². The molecule has 2 heterocycles. The molecule has 0 saturated heterocycles. The Labute approximate surface area is 167 Å². The van der Waals surface area contributed by atoms with Gasteiger partial charge >= 0.3 is 0 Å². The van der Waals surface area contributed by atoms with Gasteiger partial charge in [0.25, 0.3) is 5.69 Å². The van der Waals surface area contributed by atoms with Crippen LogP contribution < -0.4 is 0 Å². The van der Waals surface area contributed by atoms with Crippen molar-refractivity contribution in [2.24, 2.45) is 0 Å². The minimum Gasteiger partial charge on any atom is -0.508 e. The summed E-state index contributed by atoms with van der Waals surface area (Å²) in [5, 5.41) is 22.1. The molecule has 3 aromatic rings. The van der Waals surface area contributed by atoms with E-state index in [1.807, 2.05) is 18.3 Å². The van der Waals surface area contributed by atoms with Crippen molar-refractivity contribution in [3.05, 3.63) is 92.8 Å². The first-order chi connectivity index (χ1) is 13.5. The number of fused-ring (bicyclic) bond motifs is 1. The van der Waals surface area contributed by atoms with Crippen molar-refractivity contribution in [3.8, 4) is 5.75 Å². The summed E-state index contributed by atoms with van der Waals surface area (Å²) in [5.74, 6) is 0.196. The zero-order chi connectivity index (χ0) is 19.7. The number of nitro groups is 1. The summed E-state index contributed by atoms with van der Waals surface area (Å²) in [4.78, 5) is 13.2. The van der Waals surface area contributed by atoms with Crippen LogP contribution in [0, 0.1) is 10.1 Å². The molecule has 0 bridgehead atoms. The Morgan fingerprint density at radius 3 is 2.82 bits per heavy atom. The highest BCUT2D eigenvalue weighted by Crippen LogP contribution is 2.35. The lowest BCUT2D eigenvalue weighted by Crippen LogP contribution is -2.29. The first-order valence-corrected chi connectivity index (χ1v) is 9.51. The van der Waals surface area contributed by atoms with E-state index in [1.54, 1.807) is 30.3 Å². The van der Waals surface area contributed by atoms with E-state index in [0.717, 1.165) is 36.3 Å². The largest absolute Gasteiger partial charge is 0.508 e. The van der Waals surface area contributed by atoms with Crippen LogP contribution in [0.1, 0.15) is 29.3 Å². The molecular formula is C21H20ClN3O3. The van der Waals surface area contributed by atoms with Crippen LogP contribution in [-0.2, 0) is 13.1 Å². The lowest BCUT2D eigenvalue weighted by Gasteiger charge is -2.30. The van der Waals surface area contributed by atoms with Gasteiger partial charge in [-0.3, -0.25) is 15.0 Å². The van der Waals surface area contributed by atoms with Crippen LogP contribution in [-0.4, -0.2) is 26.0 Å². The quantitative estimate of drug-likeness (QED) is 0.509. The number of benzene rings is 2. The summed E-state index contributed by atoms with van der Waals surface area (Å²) < 4.78 is 2.20. The molecule has 4 rings (SSSR count). The Kier molecular flexibility index (Phi) is 5.07. The minimum absolute atomic E-state index is 0.0744. The predicted molar refractivity (Wildman–Crippen MR) is 108 cm³/mol. The number of nitrogens with zero attached hydrogens (tertiary/aromatic N) is 3. The van der Waals surface area contributed by atoms with Gasteiger partial charge in [-0.05, 0) is 42.3 Å². The van der Waals surface area contributed by atoms with E-state index in [0.29, 0.717) is 11.6 Å². The maximum Gasteiger partial charge on any atom is 0.269 e. The lowest BCUT2D eigenvalue weighted by molar-refractivity contribution is -0.384. The topological polar surface area (TPSA) is 71.5 Å². The van der Waals surface area contributed by atoms with Crippen molar-refractivity contribution in [3.63, 3.8) is 0 Å². The molecule has 0 spiro atoms. The first-order valence-electron chi connectivity index (χ1n) is 9.14. The summed E-state index contributed by atoms with van der Waals surface area (Å²) >= 11 is 6.13. The second-order valence-electron chi connectivity index (χ2n) is 6.98. The number of phenolic OH excluding ortho intramolecular Hbond substituents is 1. The molecule has 0 aliphatic carbocycles. The summed E-state index contributed by atoms with van der Waals surface area (Å²) in [7, 11) is 0. The predicted octanol–water partition coefficient (Wildman–Crippen LogP) is 4.75. The molecule has 0 saturated carbocycles. The molecule has 6 nitrogen and oxygen atoms in total. The Balaban J connectivity index is 1.78. The number of hydrogen-bond acceptors (Lipinski definition) is 4. The van der Waals surface area contributed by atoms with E-state index in [1.165, 1.54) is 6.07 Å². The van der Waals surface area contributed by atoms with Crippen LogP contribution in [0.15, 0.2) is 60.8 Å². The zero-order valence-electron chi connectivity index (χ0n) is 15.2. The van der Waals surface area contributed by atoms with Gasteiger partial charge in [-0.2, -0.15) is 0 Å². The SMILES string of the molecule is O=[N+]([O-])c1cccc([C@@H]2c3cccn3CCCN2Cc2cc(Cl)ccc2O)c1. The Morgan fingerprint density at radius 2 is 2.00 bits per heavy atom. The van der Waals surface area contributed by atoms with Crippen molar-refractivity contribution in [1.29, 1.82) is 0 Å². The number of hydrogen-bond donors (Lipinski definition) is 1. The van der Waals surface area contributed by atoms with Crippen molar-refractivity contribution >= 4 is 17.3 Å². The van der Waals surface area contributed by atoms with Gasteiger partial charge in [0.05, 0.1) is 11.0 Å². The number of aromatic nitrogens is 1. The molecular weight excluding hydrogens is 378 g/mol. The Hall–Kier alpha value is -2.83. The van der Waals surface area contributed by atoms with Crippen molar-refractivity contribution < 1.29 is 10.0 Å². The van der Waals surface area contributed by atoms with Gasteiger partial charge in [0.2, 0.25) is 0 Å². The molecule has 0 radical (unpaired) electrons. The Morgan fingerprint density at radius 1 is 1.14 bits per heavy atom. The molecule has 0 amide bonds. The van der Waals surface area contributed by atoms with Crippen LogP contribution in [0.3, 0.4) is 0 Å². The Bertz CT molecular complexity index is 1020. The van der Waals surface area contributed by atoms with E-state index < -0.39 is 0 Å². The molecule has 7 heteroatoms. The fraction of sp³-hybridized carbons (Fsp3) is 0.238. The van der Waals surface area contributed by atoms with E-state index in [9.17, 15) is 15.2 Å². The summed E-state index contributed by atoms with van der Waals surface area (Å²) in [5.41, 5.74) is 2.76. The molecule has 0 unspecified atom stereocenters. The van der Waals surface area contributed by atoms with Gasteiger partial charge < -0.3 is 9.67 Å². The molecule has 0 fully saturated rings. The number of rotatable bonds is 4. The summed E-state index contributed by atoms with van der Waals surface area (Å²) in [6.45, 7) is 2.16. The van der Waals surface area contributed by atoms with Crippen molar-refractivity contribution in [2.45, 2.75) is 25.6 Å². The van der Waals surface area contributed by atoms with Gasteiger partial charge in [0, 0.05) is 54.2 Å². The van der Waals surface area contributed by atoms with Crippen molar-refractivity contribution in [1.82, 2.24) is 9.47 Å². The average molecular weight is 398 g/mol. The van der Waals surface area contributed by atoms with E-state index in [2.05, 4.69) is 15.5 Å². The van der Waals surface area contributed by atoms with Crippen molar-refractivity contribution in [2.75, 3.05) is 6.54 Å².